The molecule has 1 unspecified atom stereocenters. The Labute approximate surface area is 173 Å². The number of ether oxygens (including phenoxy) is 1. The van der Waals surface area contributed by atoms with Crippen molar-refractivity contribution in [1.29, 1.82) is 0 Å². The van der Waals surface area contributed by atoms with Crippen molar-refractivity contribution in [2.75, 3.05) is 19.7 Å². The van der Waals surface area contributed by atoms with E-state index in [-0.39, 0.29) is 11.9 Å². The molecule has 2 fully saturated rings. The molecule has 1 aliphatic heterocycles. The fourth-order valence-corrected chi connectivity index (χ4v) is 4.54. The molecule has 29 heavy (non-hydrogen) atoms. The highest BCUT2D eigenvalue weighted by atomic mass is 16.5. The van der Waals surface area contributed by atoms with Gasteiger partial charge in [0.1, 0.15) is 5.75 Å². The van der Waals surface area contributed by atoms with Crippen LogP contribution in [-0.2, 0) is 19.4 Å². The largest absolute Gasteiger partial charge is 0.493 e. The maximum absolute atomic E-state index is 12.7. The molecule has 4 heteroatoms. The lowest BCUT2D eigenvalue weighted by Crippen LogP contribution is -2.35. The van der Waals surface area contributed by atoms with Gasteiger partial charge in [-0.15, -0.1) is 0 Å². The van der Waals surface area contributed by atoms with Crippen molar-refractivity contribution in [1.82, 2.24) is 10.2 Å². The summed E-state index contributed by atoms with van der Waals surface area (Å²) in [6, 6.07) is 14.6. The zero-order valence-corrected chi connectivity index (χ0v) is 17.0. The number of nitrogens with zero attached hydrogens (tertiary/aromatic N) is 1. The molecule has 4 nitrogen and oxygen atoms in total. The molecule has 1 saturated heterocycles. The van der Waals surface area contributed by atoms with E-state index in [0.717, 1.165) is 37.7 Å². The zero-order chi connectivity index (χ0) is 19.6. The molecule has 1 heterocycles. The maximum atomic E-state index is 12.7. The van der Waals surface area contributed by atoms with E-state index in [9.17, 15) is 4.79 Å². The summed E-state index contributed by atoms with van der Waals surface area (Å²) in [7, 11) is 0. The number of likely N-dealkylation sites (tertiary alicyclic amines) is 1. The van der Waals surface area contributed by atoms with Gasteiger partial charge in [0, 0.05) is 18.2 Å². The predicted octanol–water partition coefficient (Wildman–Crippen LogP) is 3.97. The summed E-state index contributed by atoms with van der Waals surface area (Å²) in [5, 5.41) is 3.22. The normalized spacial score (nSPS) is 21.2. The molecular formula is C25H30N2O2. The quantitative estimate of drug-likeness (QED) is 0.778. The molecular weight excluding hydrogens is 360 g/mol. The van der Waals surface area contributed by atoms with E-state index in [1.54, 1.807) is 0 Å². The Hall–Kier alpha value is -2.33. The second-order valence-electron chi connectivity index (χ2n) is 8.94. The Bertz CT molecular complexity index is 867. The van der Waals surface area contributed by atoms with Crippen molar-refractivity contribution in [2.24, 2.45) is 5.92 Å². The Balaban J connectivity index is 1.15. The molecule has 5 rings (SSSR count). The molecule has 1 amide bonds. The van der Waals surface area contributed by atoms with Gasteiger partial charge in [-0.05, 0) is 98.5 Å². The number of rotatable bonds is 7. The van der Waals surface area contributed by atoms with Crippen LogP contribution in [0.3, 0.4) is 0 Å². The van der Waals surface area contributed by atoms with Crippen LogP contribution in [0.15, 0.2) is 42.5 Å². The van der Waals surface area contributed by atoms with Crippen molar-refractivity contribution in [2.45, 2.75) is 51.1 Å². The molecule has 1 saturated carbocycles. The lowest BCUT2D eigenvalue weighted by molar-refractivity contribution is 0.0938. The maximum Gasteiger partial charge on any atom is 0.251 e. The average Bonchev–Trinajstić information content (AvgIpc) is 3.26. The number of hydrogen-bond donors (Lipinski definition) is 1. The molecule has 1 atom stereocenters. The highest BCUT2D eigenvalue weighted by molar-refractivity contribution is 5.94. The van der Waals surface area contributed by atoms with Crippen molar-refractivity contribution < 1.29 is 9.53 Å². The van der Waals surface area contributed by atoms with Crippen molar-refractivity contribution in [3.8, 4) is 5.75 Å². The Morgan fingerprint density at radius 1 is 1.00 bits per heavy atom. The van der Waals surface area contributed by atoms with Gasteiger partial charge in [-0.2, -0.15) is 0 Å². The first-order valence-electron chi connectivity index (χ1n) is 11.1. The number of carbonyl (C=O) groups excluding carboxylic acids is 1. The number of benzene rings is 2. The smallest absolute Gasteiger partial charge is 0.251 e. The second-order valence-corrected chi connectivity index (χ2v) is 8.94. The summed E-state index contributed by atoms with van der Waals surface area (Å²) >= 11 is 0. The molecule has 3 aliphatic rings. The number of carbonyl (C=O) groups is 1. The first kappa shape index (κ1) is 18.7. The van der Waals surface area contributed by atoms with E-state index in [1.165, 1.54) is 55.5 Å². The SMILES string of the molecule is O=C(NC1Cc2ccc(CN3CCCC3)cc2C1)c1ccc(OCC2CC2)cc1. The van der Waals surface area contributed by atoms with Crippen LogP contribution in [0.5, 0.6) is 5.75 Å². The number of hydrogen-bond acceptors (Lipinski definition) is 3. The van der Waals surface area contributed by atoms with Crippen molar-refractivity contribution >= 4 is 5.91 Å². The minimum Gasteiger partial charge on any atom is -0.493 e. The highest BCUT2D eigenvalue weighted by Crippen LogP contribution is 2.29. The van der Waals surface area contributed by atoms with Crippen LogP contribution >= 0.6 is 0 Å². The van der Waals surface area contributed by atoms with E-state index < -0.39 is 0 Å². The van der Waals surface area contributed by atoms with Crippen molar-refractivity contribution in [3.05, 3.63) is 64.7 Å². The van der Waals surface area contributed by atoms with Crippen LogP contribution in [0.25, 0.3) is 0 Å². The summed E-state index contributed by atoms with van der Waals surface area (Å²) in [5.74, 6) is 1.60. The summed E-state index contributed by atoms with van der Waals surface area (Å²) in [5.41, 5.74) is 4.88. The third kappa shape index (κ3) is 4.64. The fraction of sp³-hybridized carbons (Fsp3) is 0.480. The summed E-state index contributed by atoms with van der Waals surface area (Å²) in [4.78, 5) is 15.2. The van der Waals surface area contributed by atoms with Gasteiger partial charge in [0.2, 0.25) is 0 Å². The minimum absolute atomic E-state index is 0.00818. The first-order chi connectivity index (χ1) is 14.2. The third-order valence-corrected chi connectivity index (χ3v) is 6.44. The van der Waals surface area contributed by atoms with Crippen LogP contribution in [0.2, 0.25) is 0 Å². The topological polar surface area (TPSA) is 41.6 Å². The molecule has 2 aliphatic carbocycles. The molecule has 0 radical (unpaired) electrons. The standard InChI is InChI=1S/C25H30N2O2/c28-25(20-7-9-24(10-8-20)29-17-18-3-4-18)26-23-14-21-6-5-19(13-22(21)15-23)16-27-11-1-2-12-27/h5-10,13,18,23H,1-4,11-12,14-17H2,(H,26,28). The number of fused-ring (bicyclic) bond motifs is 1. The van der Waals surface area contributed by atoms with Gasteiger partial charge >= 0.3 is 0 Å². The zero-order valence-electron chi connectivity index (χ0n) is 17.0. The Kier molecular flexibility index (Phi) is 5.28. The van der Waals surface area contributed by atoms with Gasteiger partial charge in [-0.1, -0.05) is 18.2 Å². The summed E-state index contributed by atoms with van der Waals surface area (Å²) < 4.78 is 5.76. The van der Waals surface area contributed by atoms with E-state index in [4.69, 9.17) is 4.74 Å². The van der Waals surface area contributed by atoms with Crippen LogP contribution in [0, 0.1) is 5.92 Å². The molecule has 2 aromatic carbocycles. The van der Waals surface area contributed by atoms with Crippen LogP contribution in [-0.4, -0.2) is 36.5 Å². The van der Waals surface area contributed by atoms with Crippen LogP contribution in [0.4, 0.5) is 0 Å². The first-order valence-corrected chi connectivity index (χ1v) is 11.1. The van der Waals surface area contributed by atoms with E-state index in [2.05, 4.69) is 28.4 Å². The summed E-state index contributed by atoms with van der Waals surface area (Å²) in [6.45, 7) is 4.30. The Morgan fingerprint density at radius 2 is 1.76 bits per heavy atom. The van der Waals surface area contributed by atoms with E-state index >= 15 is 0 Å². The second kappa shape index (κ2) is 8.19. The van der Waals surface area contributed by atoms with Gasteiger partial charge in [-0.25, -0.2) is 0 Å². The van der Waals surface area contributed by atoms with Gasteiger partial charge in [0.05, 0.1) is 6.61 Å². The van der Waals surface area contributed by atoms with Crippen LogP contribution in [0.1, 0.15) is 52.7 Å². The molecule has 0 bridgehead atoms. The average molecular weight is 391 g/mol. The van der Waals surface area contributed by atoms with Gasteiger partial charge < -0.3 is 10.1 Å². The molecule has 152 valence electrons. The fourth-order valence-electron chi connectivity index (χ4n) is 4.54. The van der Waals surface area contributed by atoms with Gasteiger partial charge in [0.15, 0.2) is 0 Å². The number of amides is 1. The molecule has 2 aromatic rings. The minimum atomic E-state index is 0.00818. The molecule has 1 N–H and O–H groups in total. The Morgan fingerprint density at radius 3 is 2.52 bits per heavy atom. The summed E-state index contributed by atoms with van der Waals surface area (Å²) in [6.07, 6.45) is 7.07. The third-order valence-electron chi connectivity index (χ3n) is 6.44. The lowest BCUT2D eigenvalue weighted by atomic mass is 10.1. The van der Waals surface area contributed by atoms with E-state index in [0.29, 0.717) is 5.56 Å². The lowest BCUT2D eigenvalue weighted by Gasteiger charge is -2.15. The number of nitrogens with one attached hydrogen (secondary N) is 1. The van der Waals surface area contributed by atoms with E-state index in [1.807, 2.05) is 24.3 Å². The van der Waals surface area contributed by atoms with Crippen LogP contribution < -0.4 is 10.1 Å². The molecule has 0 spiro atoms. The molecule has 0 aromatic heterocycles. The monoisotopic (exact) mass is 390 g/mol. The van der Waals surface area contributed by atoms with Gasteiger partial charge in [0.25, 0.3) is 5.91 Å². The predicted molar refractivity (Wildman–Crippen MR) is 114 cm³/mol. The highest BCUT2D eigenvalue weighted by Gasteiger charge is 2.24. The van der Waals surface area contributed by atoms with Crippen molar-refractivity contribution in [3.63, 3.8) is 0 Å². The van der Waals surface area contributed by atoms with Gasteiger partial charge in [-0.3, -0.25) is 9.69 Å².